The van der Waals surface area contributed by atoms with Gasteiger partial charge in [-0.15, -0.1) is 11.8 Å². The molecule has 0 aliphatic carbocycles. The highest BCUT2D eigenvalue weighted by Crippen LogP contribution is 2.27. The minimum atomic E-state index is -0.839. The van der Waals surface area contributed by atoms with Crippen LogP contribution in [0, 0.1) is 11.3 Å². The van der Waals surface area contributed by atoms with E-state index in [2.05, 4.69) is 16.4 Å². The van der Waals surface area contributed by atoms with Crippen molar-refractivity contribution in [3.05, 3.63) is 36.0 Å². The lowest BCUT2D eigenvalue weighted by Gasteiger charge is -2.19. The van der Waals surface area contributed by atoms with Crippen LogP contribution in [-0.4, -0.2) is 65.2 Å². The van der Waals surface area contributed by atoms with Gasteiger partial charge in [-0.05, 0) is 30.7 Å². The smallest absolute Gasteiger partial charge is 0.252 e. The number of hydrogen-bond donors (Lipinski definition) is 1. The van der Waals surface area contributed by atoms with Gasteiger partial charge in [0, 0.05) is 36.1 Å². The van der Waals surface area contributed by atoms with Crippen LogP contribution in [0.1, 0.15) is 16.8 Å². The second-order valence-corrected chi connectivity index (χ2v) is 8.08. The fraction of sp³-hybridized carbons (Fsp3) is 0.400. The molecular weight excluding hydrogens is 393 g/mol. The Morgan fingerprint density at radius 2 is 2.24 bits per heavy atom. The van der Waals surface area contributed by atoms with E-state index in [1.54, 1.807) is 12.3 Å². The van der Waals surface area contributed by atoms with Gasteiger partial charge in [-0.25, -0.2) is 4.39 Å². The number of anilines is 1. The van der Waals surface area contributed by atoms with E-state index in [1.807, 2.05) is 23.1 Å². The van der Waals surface area contributed by atoms with Crippen LogP contribution in [-0.2, 0) is 4.79 Å². The lowest BCUT2D eigenvalue weighted by molar-refractivity contribution is -0.129. The third-order valence-electron chi connectivity index (χ3n) is 5.22. The molecule has 1 aromatic heterocycles. The molecule has 7 nitrogen and oxygen atoms in total. The molecule has 1 aromatic carbocycles. The molecule has 2 atom stereocenters. The molecule has 0 spiro atoms. The van der Waals surface area contributed by atoms with Crippen molar-refractivity contribution in [2.24, 2.45) is 0 Å². The number of hydrogen-bond acceptors (Lipinski definition) is 6. The number of rotatable bonds is 4. The summed E-state index contributed by atoms with van der Waals surface area (Å²) in [5.41, 5.74) is 1.92. The minimum Gasteiger partial charge on any atom is -0.368 e. The molecule has 0 radical (unpaired) electrons. The first kappa shape index (κ1) is 19.5. The predicted octanol–water partition coefficient (Wildman–Crippen LogP) is 1.94. The van der Waals surface area contributed by atoms with Gasteiger partial charge < -0.3 is 15.1 Å². The van der Waals surface area contributed by atoms with Crippen molar-refractivity contribution in [2.45, 2.75) is 18.6 Å². The quantitative estimate of drug-likeness (QED) is 0.824. The number of aromatic nitrogens is 1. The Morgan fingerprint density at radius 1 is 1.38 bits per heavy atom. The zero-order valence-corrected chi connectivity index (χ0v) is 16.5. The molecular formula is C20H20FN5O2S. The molecule has 2 aliphatic heterocycles. The Bertz CT molecular complexity index is 994. The normalized spacial score (nSPS) is 21.4. The number of alkyl halides is 1. The SMILES string of the molecule is N#CC1CSCN1C(=O)CNC(=O)c1ccnc2ccc(N3CCC(F)C3)cc12. The molecule has 2 aromatic rings. The summed E-state index contributed by atoms with van der Waals surface area (Å²) in [6, 6.07) is 8.81. The standard InChI is InChI=1S/C20H20FN5O2S/c21-13-4-6-25(10-13)14-1-2-18-17(7-14)16(3-5-23-18)20(28)24-9-19(27)26-12-29-11-15(26)8-22/h1-3,5,7,13,15H,4,6,9-12H2,(H,24,28). The number of nitriles is 1. The van der Waals surface area contributed by atoms with Crippen LogP contribution >= 0.6 is 11.8 Å². The number of nitrogens with one attached hydrogen (secondary N) is 1. The fourth-order valence-corrected chi connectivity index (χ4v) is 4.73. The van der Waals surface area contributed by atoms with Gasteiger partial charge in [0.05, 0.1) is 29.6 Å². The average molecular weight is 413 g/mol. The number of halogens is 1. The molecule has 9 heteroatoms. The van der Waals surface area contributed by atoms with Crippen molar-refractivity contribution in [3.63, 3.8) is 0 Å². The van der Waals surface area contributed by atoms with E-state index in [1.165, 1.54) is 16.7 Å². The van der Waals surface area contributed by atoms with Crippen molar-refractivity contribution in [1.82, 2.24) is 15.2 Å². The molecule has 4 rings (SSSR count). The van der Waals surface area contributed by atoms with Crippen LogP contribution in [0.5, 0.6) is 0 Å². The molecule has 1 N–H and O–H groups in total. The Hall–Kier alpha value is -2.86. The van der Waals surface area contributed by atoms with Crippen LogP contribution in [0.2, 0.25) is 0 Å². The van der Waals surface area contributed by atoms with E-state index in [-0.39, 0.29) is 18.4 Å². The van der Waals surface area contributed by atoms with Crippen molar-refractivity contribution < 1.29 is 14.0 Å². The summed E-state index contributed by atoms with van der Waals surface area (Å²) in [5, 5.41) is 12.4. The van der Waals surface area contributed by atoms with Crippen molar-refractivity contribution in [1.29, 1.82) is 5.26 Å². The first-order valence-electron chi connectivity index (χ1n) is 9.39. The summed E-state index contributed by atoms with van der Waals surface area (Å²) in [7, 11) is 0. The topological polar surface area (TPSA) is 89.3 Å². The van der Waals surface area contributed by atoms with E-state index in [9.17, 15) is 14.0 Å². The van der Waals surface area contributed by atoms with Gasteiger partial charge in [0.25, 0.3) is 5.91 Å². The average Bonchev–Trinajstić information content (AvgIpc) is 3.39. The third-order valence-corrected chi connectivity index (χ3v) is 6.23. The van der Waals surface area contributed by atoms with Crippen molar-refractivity contribution in [2.75, 3.05) is 36.2 Å². The highest BCUT2D eigenvalue weighted by Gasteiger charge is 2.29. The molecule has 29 heavy (non-hydrogen) atoms. The number of carbonyl (C=O) groups excluding carboxylic acids is 2. The summed E-state index contributed by atoms with van der Waals surface area (Å²) in [4.78, 5) is 32.9. The number of fused-ring (bicyclic) bond motifs is 1. The monoisotopic (exact) mass is 413 g/mol. The number of pyridine rings is 1. The maximum absolute atomic E-state index is 13.6. The molecule has 2 aliphatic rings. The summed E-state index contributed by atoms with van der Waals surface area (Å²) in [6.45, 7) is 0.809. The Balaban J connectivity index is 1.51. The number of thioether (sulfide) groups is 1. The zero-order valence-electron chi connectivity index (χ0n) is 15.7. The Morgan fingerprint density at radius 3 is 3.00 bits per heavy atom. The van der Waals surface area contributed by atoms with Crippen molar-refractivity contribution >= 4 is 40.2 Å². The van der Waals surface area contributed by atoms with E-state index >= 15 is 0 Å². The molecule has 0 bridgehead atoms. The second-order valence-electron chi connectivity index (χ2n) is 7.08. The zero-order chi connectivity index (χ0) is 20.4. The molecule has 0 saturated carbocycles. The Labute approximate surface area is 171 Å². The van der Waals surface area contributed by atoms with Gasteiger partial charge in [0.1, 0.15) is 12.2 Å². The third kappa shape index (κ3) is 3.98. The number of benzene rings is 1. The van der Waals surface area contributed by atoms with E-state index < -0.39 is 12.2 Å². The first-order chi connectivity index (χ1) is 14.1. The number of amides is 2. The van der Waals surface area contributed by atoms with Gasteiger partial charge in [0.2, 0.25) is 5.91 Å². The van der Waals surface area contributed by atoms with Gasteiger partial charge in [-0.3, -0.25) is 14.6 Å². The summed E-state index contributed by atoms with van der Waals surface area (Å²) in [5.74, 6) is 0.386. The highest BCUT2D eigenvalue weighted by molar-refractivity contribution is 7.99. The highest BCUT2D eigenvalue weighted by atomic mass is 32.2. The van der Waals surface area contributed by atoms with E-state index in [0.29, 0.717) is 47.6 Å². The molecule has 3 heterocycles. The van der Waals surface area contributed by atoms with Crippen LogP contribution in [0.4, 0.5) is 10.1 Å². The maximum Gasteiger partial charge on any atom is 0.252 e. The maximum atomic E-state index is 13.6. The fourth-order valence-electron chi connectivity index (χ4n) is 3.63. The molecule has 2 unspecified atom stereocenters. The molecule has 2 fully saturated rings. The van der Waals surface area contributed by atoms with E-state index in [4.69, 9.17) is 5.26 Å². The summed E-state index contributed by atoms with van der Waals surface area (Å²) in [6.07, 6.45) is 1.21. The number of carbonyl (C=O) groups is 2. The van der Waals surface area contributed by atoms with Crippen LogP contribution in [0.25, 0.3) is 10.9 Å². The first-order valence-corrected chi connectivity index (χ1v) is 10.5. The van der Waals surface area contributed by atoms with Gasteiger partial charge in [-0.2, -0.15) is 5.26 Å². The van der Waals surface area contributed by atoms with Crippen molar-refractivity contribution in [3.8, 4) is 6.07 Å². The minimum absolute atomic E-state index is 0.170. The molecule has 2 amide bonds. The predicted molar refractivity (Wildman–Crippen MR) is 109 cm³/mol. The second kappa shape index (κ2) is 8.25. The molecule has 150 valence electrons. The largest absolute Gasteiger partial charge is 0.368 e. The summed E-state index contributed by atoms with van der Waals surface area (Å²) < 4.78 is 13.6. The summed E-state index contributed by atoms with van der Waals surface area (Å²) >= 11 is 1.52. The van der Waals surface area contributed by atoms with Gasteiger partial charge in [0.15, 0.2) is 0 Å². The lowest BCUT2D eigenvalue weighted by atomic mass is 10.1. The lowest BCUT2D eigenvalue weighted by Crippen LogP contribution is -2.42. The van der Waals surface area contributed by atoms with Gasteiger partial charge >= 0.3 is 0 Å². The van der Waals surface area contributed by atoms with E-state index in [0.717, 1.165) is 5.69 Å². The van der Waals surface area contributed by atoms with Gasteiger partial charge in [-0.1, -0.05) is 0 Å². The van der Waals surface area contributed by atoms with Crippen LogP contribution in [0.15, 0.2) is 30.5 Å². The van der Waals surface area contributed by atoms with Crippen LogP contribution < -0.4 is 10.2 Å². The molecule has 2 saturated heterocycles. The number of nitrogens with zero attached hydrogens (tertiary/aromatic N) is 4. The van der Waals surface area contributed by atoms with Crippen LogP contribution in [0.3, 0.4) is 0 Å². The Kier molecular flexibility index (Phi) is 5.53.